The van der Waals surface area contributed by atoms with Crippen LogP contribution in [0.15, 0.2) is 12.1 Å². The summed E-state index contributed by atoms with van der Waals surface area (Å²) in [5.41, 5.74) is 4.02. The van der Waals surface area contributed by atoms with Gasteiger partial charge in [-0.15, -0.1) is 0 Å². The zero-order valence-electron chi connectivity index (χ0n) is 8.16. The molecule has 0 aliphatic carbocycles. The Hall–Kier alpha value is -1.10. The maximum Gasteiger partial charge on any atom is 0.280 e. The molecule has 0 bridgehead atoms. The van der Waals surface area contributed by atoms with Gasteiger partial charge in [-0.3, -0.25) is 0 Å². The molecule has 0 unspecified atom stereocenters. The molecular weight excluding hydrogens is 210 g/mol. The molecule has 5 heteroatoms. The number of rotatable bonds is 3. The molecule has 84 valence electrons. The Balaban J connectivity index is 3.24. The zero-order valence-corrected chi connectivity index (χ0v) is 8.16. The Bertz CT molecular complexity index is 339. The Morgan fingerprint density at radius 2 is 1.67 bits per heavy atom. The first-order valence-corrected chi connectivity index (χ1v) is 4.42. The van der Waals surface area contributed by atoms with Crippen LogP contribution in [0.25, 0.3) is 0 Å². The third kappa shape index (κ3) is 2.47. The largest absolute Gasteiger partial charge is 0.330 e. The molecule has 1 rings (SSSR count). The van der Waals surface area contributed by atoms with Crippen LogP contribution in [-0.4, -0.2) is 6.54 Å². The van der Waals surface area contributed by atoms with E-state index in [-0.39, 0.29) is 12.1 Å². The molecule has 15 heavy (non-hydrogen) atoms. The molecule has 0 heterocycles. The van der Waals surface area contributed by atoms with Crippen molar-refractivity contribution in [1.82, 2.24) is 0 Å². The van der Waals surface area contributed by atoms with E-state index in [4.69, 9.17) is 5.73 Å². The van der Waals surface area contributed by atoms with Crippen molar-refractivity contribution in [3.63, 3.8) is 0 Å². The highest BCUT2D eigenvalue weighted by molar-refractivity contribution is 5.28. The van der Waals surface area contributed by atoms with Crippen molar-refractivity contribution >= 4 is 0 Å². The van der Waals surface area contributed by atoms with Crippen LogP contribution >= 0.6 is 0 Å². The Kier molecular flexibility index (Phi) is 3.34. The van der Waals surface area contributed by atoms with Crippen molar-refractivity contribution in [2.24, 2.45) is 5.73 Å². The number of hydrogen-bond donors (Lipinski definition) is 1. The molecule has 1 aromatic rings. The third-order valence-corrected chi connectivity index (χ3v) is 2.01. The average molecular weight is 221 g/mol. The van der Waals surface area contributed by atoms with Gasteiger partial charge in [0, 0.05) is 6.42 Å². The Labute approximate surface area is 84.9 Å². The van der Waals surface area contributed by atoms with Gasteiger partial charge in [-0.2, -0.15) is 0 Å². The van der Waals surface area contributed by atoms with Crippen LogP contribution in [0.2, 0.25) is 0 Å². The van der Waals surface area contributed by atoms with Crippen LogP contribution in [0.4, 0.5) is 17.6 Å². The van der Waals surface area contributed by atoms with Gasteiger partial charge in [0.25, 0.3) is 5.92 Å². The second-order valence-electron chi connectivity index (χ2n) is 3.35. The van der Waals surface area contributed by atoms with E-state index in [1.165, 1.54) is 6.92 Å². The number of aryl methyl sites for hydroxylation is 1. The lowest BCUT2D eigenvalue weighted by Crippen LogP contribution is -2.22. The summed E-state index contributed by atoms with van der Waals surface area (Å²) in [5.74, 6) is -6.02. The number of hydrogen-bond acceptors (Lipinski definition) is 1. The van der Waals surface area contributed by atoms with E-state index in [9.17, 15) is 17.6 Å². The monoisotopic (exact) mass is 221 g/mol. The molecule has 0 aromatic heterocycles. The van der Waals surface area contributed by atoms with Crippen LogP contribution < -0.4 is 5.73 Å². The van der Waals surface area contributed by atoms with E-state index in [1.807, 2.05) is 0 Å². The number of benzene rings is 1. The second-order valence-corrected chi connectivity index (χ2v) is 3.35. The predicted molar refractivity (Wildman–Crippen MR) is 48.7 cm³/mol. The van der Waals surface area contributed by atoms with E-state index in [2.05, 4.69) is 0 Å². The van der Waals surface area contributed by atoms with Crippen LogP contribution in [0.3, 0.4) is 0 Å². The lowest BCUT2D eigenvalue weighted by Gasteiger charge is -2.17. The van der Waals surface area contributed by atoms with Crippen molar-refractivity contribution < 1.29 is 17.6 Å². The molecule has 0 saturated carbocycles. The molecule has 0 atom stereocenters. The summed E-state index contributed by atoms with van der Waals surface area (Å²) in [6.45, 7) is 1.09. The van der Waals surface area contributed by atoms with Gasteiger partial charge in [-0.05, 0) is 31.2 Å². The van der Waals surface area contributed by atoms with Crippen molar-refractivity contribution in [2.45, 2.75) is 19.3 Å². The minimum absolute atomic E-state index is 0.261. The first-order valence-electron chi connectivity index (χ1n) is 4.42. The van der Waals surface area contributed by atoms with E-state index < -0.39 is 29.5 Å². The van der Waals surface area contributed by atoms with Gasteiger partial charge in [-0.1, -0.05) is 0 Å². The predicted octanol–water partition coefficient (Wildman–Crippen LogP) is 2.71. The van der Waals surface area contributed by atoms with Crippen molar-refractivity contribution in [3.8, 4) is 0 Å². The highest BCUT2D eigenvalue weighted by atomic mass is 19.3. The molecule has 0 saturated heterocycles. The van der Waals surface area contributed by atoms with E-state index in [0.29, 0.717) is 0 Å². The second kappa shape index (κ2) is 4.18. The summed E-state index contributed by atoms with van der Waals surface area (Å²) in [6.07, 6.45) is -0.774. The summed E-state index contributed by atoms with van der Waals surface area (Å²) in [6, 6.07) is 1.76. The Morgan fingerprint density at radius 1 is 1.20 bits per heavy atom. The van der Waals surface area contributed by atoms with Gasteiger partial charge in [0.2, 0.25) is 0 Å². The van der Waals surface area contributed by atoms with Gasteiger partial charge in [-0.25, -0.2) is 17.6 Å². The van der Waals surface area contributed by atoms with Gasteiger partial charge in [0.15, 0.2) is 0 Å². The molecule has 0 fully saturated rings. The van der Waals surface area contributed by atoms with Crippen molar-refractivity contribution in [2.75, 3.05) is 6.54 Å². The van der Waals surface area contributed by atoms with E-state index >= 15 is 0 Å². The fourth-order valence-electron chi connectivity index (χ4n) is 1.36. The van der Waals surface area contributed by atoms with Crippen LogP contribution in [0.5, 0.6) is 0 Å². The first-order chi connectivity index (χ1) is 6.88. The maximum atomic E-state index is 13.2. The van der Waals surface area contributed by atoms with Crippen molar-refractivity contribution in [3.05, 3.63) is 34.9 Å². The van der Waals surface area contributed by atoms with Gasteiger partial charge < -0.3 is 5.73 Å². The summed E-state index contributed by atoms with van der Waals surface area (Å²) >= 11 is 0. The molecule has 2 N–H and O–H groups in total. The quantitative estimate of drug-likeness (QED) is 0.780. The lowest BCUT2D eigenvalue weighted by atomic mass is 10.0. The fraction of sp³-hybridized carbons (Fsp3) is 0.400. The lowest BCUT2D eigenvalue weighted by molar-refractivity contribution is -0.0176. The molecular formula is C10H11F4N. The fourth-order valence-corrected chi connectivity index (χ4v) is 1.36. The molecule has 0 amide bonds. The van der Waals surface area contributed by atoms with E-state index in [0.717, 1.165) is 12.1 Å². The SMILES string of the molecule is Cc1cc(F)c(C(F)(F)CCN)c(F)c1. The molecule has 0 aliphatic rings. The minimum atomic E-state index is -3.56. The smallest absolute Gasteiger partial charge is 0.280 e. The maximum absolute atomic E-state index is 13.2. The van der Waals surface area contributed by atoms with Crippen molar-refractivity contribution in [1.29, 1.82) is 0 Å². The van der Waals surface area contributed by atoms with Gasteiger partial charge in [0.1, 0.15) is 11.6 Å². The number of alkyl halides is 2. The summed E-state index contributed by atoms with van der Waals surface area (Å²) in [5, 5.41) is 0. The average Bonchev–Trinajstić information content (AvgIpc) is 1.99. The molecule has 0 radical (unpaired) electrons. The third-order valence-electron chi connectivity index (χ3n) is 2.01. The summed E-state index contributed by atoms with van der Waals surface area (Å²) in [7, 11) is 0. The standard InChI is InChI=1S/C10H11F4N/c1-6-4-7(11)9(8(12)5-6)10(13,14)2-3-15/h4-5H,2-3,15H2,1H3. The minimum Gasteiger partial charge on any atom is -0.330 e. The number of nitrogens with two attached hydrogens (primary N) is 1. The normalized spacial score (nSPS) is 11.9. The van der Waals surface area contributed by atoms with Crippen LogP contribution in [0.1, 0.15) is 17.5 Å². The first kappa shape index (κ1) is 12.0. The van der Waals surface area contributed by atoms with Gasteiger partial charge in [0.05, 0.1) is 5.56 Å². The van der Waals surface area contributed by atoms with E-state index in [1.54, 1.807) is 0 Å². The molecule has 1 nitrogen and oxygen atoms in total. The summed E-state index contributed by atoms with van der Waals surface area (Å²) < 4.78 is 52.8. The topological polar surface area (TPSA) is 26.0 Å². The molecule has 0 aliphatic heterocycles. The van der Waals surface area contributed by atoms with Crippen LogP contribution in [-0.2, 0) is 5.92 Å². The van der Waals surface area contributed by atoms with Crippen LogP contribution in [0, 0.1) is 18.6 Å². The highest BCUT2D eigenvalue weighted by Gasteiger charge is 2.36. The summed E-state index contributed by atoms with van der Waals surface area (Å²) in [4.78, 5) is 0. The number of halogens is 4. The van der Waals surface area contributed by atoms with Gasteiger partial charge >= 0.3 is 0 Å². The Morgan fingerprint density at radius 3 is 2.07 bits per heavy atom. The zero-order chi connectivity index (χ0) is 11.6. The molecule has 1 aromatic carbocycles. The molecule has 0 spiro atoms. The highest BCUT2D eigenvalue weighted by Crippen LogP contribution is 2.35.